The lowest BCUT2D eigenvalue weighted by Crippen LogP contribution is -2.36. The smallest absolute Gasteiger partial charge is 0.461 e. The fraction of sp³-hybridized carbons (Fsp3) is 0.583. The molecule has 1 rings (SSSR count). The molecule has 1 aromatic rings. The molecule has 0 fully saturated rings. The molecule has 190 valence electrons. The van der Waals surface area contributed by atoms with Crippen LogP contribution in [0.25, 0.3) is 0 Å². The van der Waals surface area contributed by atoms with E-state index < -0.39 is 36.2 Å². The molecule has 0 saturated carbocycles. The lowest BCUT2D eigenvalue weighted by Gasteiger charge is -2.18. The first-order chi connectivity index (χ1) is 16.1. The van der Waals surface area contributed by atoms with Gasteiger partial charge in [-0.2, -0.15) is 0 Å². The zero-order valence-electron chi connectivity index (χ0n) is 20.5. The van der Waals surface area contributed by atoms with Gasteiger partial charge in [0.05, 0.1) is 0 Å². The molecular weight excluding hydrogens is 446 g/mol. The van der Waals surface area contributed by atoms with Crippen LogP contribution < -0.4 is 15.2 Å². The first-order valence-corrected chi connectivity index (χ1v) is 11.4. The molecule has 0 aliphatic heterocycles. The largest absolute Gasteiger partial charge is 0.508 e. The molecule has 0 heterocycles. The Hall–Kier alpha value is -3.14. The predicted molar refractivity (Wildman–Crippen MR) is 122 cm³/mol. The van der Waals surface area contributed by atoms with Gasteiger partial charge in [-0.05, 0) is 44.4 Å². The van der Waals surface area contributed by atoms with Crippen LogP contribution in [0.4, 0.5) is 4.79 Å². The second-order valence-corrected chi connectivity index (χ2v) is 7.77. The Kier molecular flexibility index (Phi) is 12.7. The fourth-order valence-electron chi connectivity index (χ4n) is 2.73. The number of hydrogen-bond donors (Lipinski definition) is 1. The number of rotatable bonds is 13. The SMILES string of the molecule is CCCC(C)OC(=O)O[C@@H](C)COC(=O)[C@@H](N)Cc1ccc(OC(=O)CC)c(OC(=O)CC)c1. The van der Waals surface area contributed by atoms with Crippen molar-refractivity contribution < 1.29 is 42.9 Å². The summed E-state index contributed by atoms with van der Waals surface area (Å²) in [5.41, 5.74) is 6.52. The number of esters is 3. The summed E-state index contributed by atoms with van der Waals surface area (Å²) >= 11 is 0. The number of carbonyl (C=O) groups excluding carboxylic acids is 4. The molecule has 0 amide bonds. The van der Waals surface area contributed by atoms with Gasteiger partial charge in [0.25, 0.3) is 0 Å². The van der Waals surface area contributed by atoms with Crippen LogP contribution in [0, 0.1) is 0 Å². The van der Waals surface area contributed by atoms with E-state index >= 15 is 0 Å². The van der Waals surface area contributed by atoms with Crippen molar-refractivity contribution in [1.29, 1.82) is 0 Å². The van der Waals surface area contributed by atoms with Gasteiger partial charge in [-0.3, -0.25) is 14.4 Å². The second-order valence-electron chi connectivity index (χ2n) is 7.77. The van der Waals surface area contributed by atoms with Crippen molar-refractivity contribution >= 4 is 24.1 Å². The minimum absolute atomic E-state index is 0.0598. The average Bonchev–Trinajstić information content (AvgIpc) is 2.78. The molecule has 10 nitrogen and oxygen atoms in total. The van der Waals surface area contributed by atoms with Gasteiger partial charge in [-0.25, -0.2) is 4.79 Å². The van der Waals surface area contributed by atoms with Crippen LogP contribution in [0.3, 0.4) is 0 Å². The summed E-state index contributed by atoms with van der Waals surface area (Å²) in [7, 11) is 0. The molecule has 10 heteroatoms. The number of nitrogens with two attached hydrogens (primary N) is 1. The van der Waals surface area contributed by atoms with Crippen LogP contribution in [-0.2, 0) is 35.0 Å². The predicted octanol–water partition coefficient (Wildman–Crippen LogP) is 3.46. The van der Waals surface area contributed by atoms with Crippen molar-refractivity contribution in [3.8, 4) is 11.5 Å². The first kappa shape index (κ1) is 28.9. The van der Waals surface area contributed by atoms with E-state index in [4.69, 9.17) is 29.4 Å². The zero-order valence-corrected chi connectivity index (χ0v) is 20.5. The maximum Gasteiger partial charge on any atom is 0.508 e. The van der Waals surface area contributed by atoms with Crippen LogP contribution in [0.1, 0.15) is 65.9 Å². The van der Waals surface area contributed by atoms with Crippen LogP contribution in [-0.4, -0.2) is 48.9 Å². The van der Waals surface area contributed by atoms with Crippen molar-refractivity contribution in [2.75, 3.05) is 6.61 Å². The number of hydrogen-bond acceptors (Lipinski definition) is 10. The molecule has 1 aromatic carbocycles. The van der Waals surface area contributed by atoms with Crippen LogP contribution in [0.2, 0.25) is 0 Å². The summed E-state index contributed by atoms with van der Waals surface area (Å²) < 4.78 is 25.7. The quantitative estimate of drug-likeness (QED) is 0.329. The lowest BCUT2D eigenvalue weighted by molar-refractivity contribution is -0.148. The van der Waals surface area contributed by atoms with Gasteiger partial charge < -0.3 is 29.4 Å². The summed E-state index contributed by atoms with van der Waals surface area (Å²) in [5, 5.41) is 0. The molecule has 0 aromatic heterocycles. The van der Waals surface area contributed by atoms with E-state index in [1.165, 1.54) is 12.1 Å². The third-order valence-corrected chi connectivity index (χ3v) is 4.54. The third kappa shape index (κ3) is 10.7. The van der Waals surface area contributed by atoms with E-state index in [0.29, 0.717) is 12.0 Å². The highest BCUT2D eigenvalue weighted by atomic mass is 16.7. The molecule has 1 unspecified atom stereocenters. The van der Waals surface area contributed by atoms with Crippen LogP contribution in [0.5, 0.6) is 11.5 Å². The lowest BCUT2D eigenvalue weighted by atomic mass is 10.1. The molecule has 0 saturated heterocycles. The normalized spacial score (nSPS) is 13.2. The number of benzene rings is 1. The van der Waals surface area contributed by atoms with Gasteiger partial charge in [-0.1, -0.05) is 33.3 Å². The van der Waals surface area contributed by atoms with Gasteiger partial charge in [0.2, 0.25) is 0 Å². The molecule has 3 atom stereocenters. The molecule has 0 aliphatic rings. The number of carbonyl (C=O) groups is 4. The second kappa shape index (κ2) is 14.9. The Labute approximate surface area is 200 Å². The van der Waals surface area contributed by atoms with Crippen molar-refractivity contribution in [2.45, 2.75) is 85.0 Å². The molecule has 0 radical (unpaired) electrons. The maximum absolute atomic E-state index is 12.3. The standard InChI is InChI=1S/C24H35NO9/c1-6-9-15(4)31-24(29)32-16(5)14-30-23(28)18(25)12-17-10-11-19(33-21(26)7-2)20(13-17)34-22(27)8-3/h10-11,13,15-16,18H,6-9,12,14,25H2,1-5H3/t15?,16-,18-/m0/s1. The summed E-state index contributed by atoms with van der Waals surface area (Å²) in [6, 6.07) is 3.54. The topological polar surface area (TPSA) is 140 Å². The van der Waals surface area contributed by atoms with E-state index in [2.05, 4.69) is 0 Å². The fourth-order valence-corrected chi connectivity index (χ4v) is 2.73. The Bertz CT molecular complexity index is 840. The molecular formula is C24H35NO9. The van der Waals surface area contributed by atoms with Crippen molar-refractivity contribution in [1.82, 2.24) is 0 Å². The highest BCUT2D eigenvalue weighted by Crippen LogP contribution is 2.30. The van der Waals surface area contributed by atoms with E-state index in [9.17, 15) is 19.2 Å². The zero-order chi connectivity index (χ0) is 25.7. The Morgan fingerprint density at radius 1 is 0.882 bits per heavy atom. The molecule has 0 bridgehead atoms. The van der Waals surface area contributed by atoms with E-state index in [1.54, 1.807) is 33.8 Å². The minimum atomic E-state index is -1.03. The van der Waals surface area contributed by atoms with Crippen molar-refractivity contribution in [3.05, 3.63) is 23.8 Å². The van der Waals surface area contributed by atoms with Gasteiger partial charge in [0, 0.05) is 12.8 Å². The highest BCUT2D eigenvalue weighted by Gasteiger charge is 2.21. The summed E-state index contributed by atoms with van der Waals surface area (Å²) in [6.07, 6.45) is 0.128. The van der Waals surface area contributed by atoms with E-state index in [1.807, 2.05) is 6.92 Å². The molecule has 0 aliphatic carbocycles. The molecule has 2 N–H and O–H groups in total. The minimum Gasteiger partial charge on any atom is -0.461 e. The molecule has 0 spiro atoms. The Balaban J connectivity index is 2.68. The van der Waals surface area contributed by atoms with Crippen LogP contribution in [0.15, 0.2) is 18.2 Å². The number of ether oxygens (including phenoxy) is 5. The summed E-state index contributed by atoms with van der Waals surface area (Å²) in [4.78, 5) is 47.4. The Morgan fingerprint density at radius 3 is 2.06 bits per heavy atom. The highest BCUT2D eigenvalue weighted by molar-refractivity contribution is 5.77. The first-order valence-electron chi connectivity index (χ1n) is 11.4. The summed E-state index contributed by atoms with van der Waals surface area (Å²) in [5.74, 6) is -1.53. The third-order valence-electron chi connectivity index (χ3n) is 4.54. The maximum atomic E-state index is 12.3. The van der Waals surface area contributed by atoms with Gasteiger partial charge in [0.1, 0.15) is 24.9 Å². The summed E-state index contributed by atoms with van der Waals surface area (Å²) in [6.45, 7) is 8.39. The van der Waals surface area contributed by atoms with Crippen molar-refractivity contribution in [3.63, 3.8) is 0 Å². The van der Waals surface area contributed by atoms with Gasteiger partial charge in [-0.15, -0.1) is 0 Å². The van der Waals surface area contributed by atoms with E-state index in [0.717, 1.165) is 6.42 Å². The van der Waals surface area contributed by atoms with Crippen molar-refractivity contribution in [2.24, 2.45) is 5.73 Å². The Morgan fingerprint density at radius 2 is 1.47 bits per heavy atom. The molecule has 34 heavy (non-hydrogen) atoms. The van der Waals surface area contributed by atoms with Gasteiger partial charge >= 0.3 is 24.1 Å². The van der Waals surface area contributed by atoms with Crippen LogP contribution >= 0.6 is 0 Å². The average molecular weight is 482 g/mol. The van der Waals surface area contributed by atoms with Gasteiger partial charge in [0.15, 0.2) is 11.5 Å². The monoisotopic (exact) mass is 481 g/mol. The van der Waals surface area contributed by atoms with E-state index in [-0.39, 0.29) is 43.5 Å².